The maximum absolute atomic E-state index is 6.22. The molecule has 0 aromatic rings. The largest absolute Gasteiger partial charge is 0.329 e. The third-order valence-electron chi connectivity index (χ3n) is 5.03. The molecule has 0 amide bonds. The van der Waals surface area contributed by atoms with Crippen molar-refractivity contribution >= 4 is 0 Å². The van der Waals surface area contributed by atoms with Gasteiger partial charge < -0.3 is 10.6 Å². The van der Waals surface area contributed by atoms with Crippen molar-refractivity contribution in [2.45, 2.75) is 45.1 Å². The molecule has 0 radical (unpaired) electrons. The molecule has 2 atom stereocenters. The van der Waals surface area contributed by atoms with Crippen molar-refractivity contribution in [1.29, 1.82) is 0 Å². The third kappa shape index (κ3) is 3.06. The van der Waals surface area contributed by atoms with Crippen LogP contribution in [0, 0.1) is 11.8 Å². The van der Waals surface area contributed by atoms with E-state index in [-0.39, 0.29) is 0 Å². The maximum Gasteiger partial charge on any atom is 0.0337 e. The molecule has 1 saturated carbocycles. The summed E-state index contributed by atoms with van der Waals surface area (Å²) in [6, 6.07) is 0. The molecule has 3 nitrogen and oxygen atoms in total. The highest BCUT2D eigenvalue weighted by Gasteiger charge is 2.41. The molecule has 2 N–H and O–H groups in total. The molecule has 1 aliphatic heterocycles. The van der Waals surface area contributed by atoms with Crippen molar-refractivity contribution in [3.63, 3.8) is 0 Å². The lowest BCUT2D eigenvalue weighted by atomic mass is 9.70. The molecule has 1 aliphatic carbocycles. The quantitative estimate of drug-likeness (QED) is 0.814. The first-order chi connectivity index (χ1) is 8.55. The minimum atomic E-state index is 0.294. The van der Waals surface area contributed by atoms with E-state index in [9.17, 15) is 0 Å². The Morgan fingerprint density at radius 3 is 2.33 bits per heavy atom. The molecule has 106 valence electrons. The highest BCUT2D eigenvalue weighted by molar-refractivity contribution is 4.98. The van der Waals surface area contributed by atoms with Crippen molar-refractivity contribution < 1.29 is 0 Å². The van der Waals surface area contributed by atoms with Gasteiger partial charge in [0.2, 0.25) is 0 Å². The van der Waals surface area contributed by atoms with Crippen LogP contribution in [0.3, 0.4) is 0 Å². The van der Waals surface area contributed by atoms with Crippen LogP contribution in [-0.4, -0.2) is 55.1 Å². The average Bonchev–Trinajstić information content (AvgIpc) is 2.53. The summed E-state index contributed by atoms with van der Waals surface area (Å²) in [6.07, 6.45) is 5.28. The van der Waals surface area contributed by atoms with Crippen LogP contribution in [0.15, 0.2) is 0 Å². The minimum Gasteiger partial charge on any atom is -0.329 e. The number of likely N-dealkylation sites (N-methyl/N-ethyl adjacent to an activating group) is 1. The normalized spacial score (nSPS) is 40.7. The van der Waals surface area contributed by atoms with Crippen molar-refractivity contribution in [3.8, 4) is 0 Å². The van der Waals surface area contributed by atoms with Crippen LogP contribution in [0.4, 0.5) is 0 Å². The molecule has 1 saturated heterocycles. The SMILES string of the molecule is CC1CC(C)CC(CN)(N2CCCN(C)CC2)C1. The fourth-order valence-corrected chi connectivity index (χ4v) is 4.31. The lowest BCUT2D eigenvalue weighted by Crippen LogP contribution is -2.58. The summed E-state index contributed by atoms with van der Waals surface area (Å²) >= 11 is 0. The van der Waals surface area contributed by atoms with Gasteiger partial charge in [-0.3, -0.25) is 4.90 Å². The van der Waals surface area contributed by atoms with Crippen LogP contribution < -0.4 is 5.73 Å². The van der Waals surface area contributed by atoms with Crippen LogP contribution in [0.1, 0.15) is 39.5 Å². The number of hydrogen-bond acceptors (Lipinski definition) is 3. The Balaban J connectivity index is 2.10. The van der Waals surface area contributed by atoms with E-state index in [1.165, 1.54) is 51.9 Å². The smallest absolute Gasteiger partial charge is 0.0337 e. The molecule has 0 aromatic carbocycles. The van der Waals surface area contributed by atoms with Crippen molar-refractivity contribution in [2.24, 2.45) is 17.6 Å². The van der Waals surface area contributed by atoms with Crippen LogP contribution in [-0.2, 0) is 0 Å². The molecule has 1 heterocycles. The lowest BCUT2D eigenvalue weighted by Gasteiger charge is -2.49. The van der Waals surface area contributed by atoms with E-state index in [1.807, 2.05) is 0 Å². The molecule has 0 spiro atoms. The standard InChI is InChI=1S/C15H31N3/c1-13-9-14(2)11-15(10-13,12-16)18-6-4-5-17(3)7-8-18/h13-14H,4-12,16H2,1-3H3. The van der Waals surface area contributed by atoms with E-state index in [4.69, 9.17) is 5.73 Å². The Bertz CT molecular complexity index is 256. The van der Waals surface area contributed by atoms with Gasteiger partial charge in [0, 0.05) is 31.7 Å². The number of rotatable bonds is 2. The zero-order valence-corrected chi connectivity index (χ0v) is 12.5. The summed E-state index contributed by atoms with van der Waals surface area (Å²) in [5.41, 5.74) is 6.52. The minimum absolute atomic E-state index is 0.294. The molecule has 2 fully saturated rings. The van der Waals surface area contributed by atoms with Crippen LogP contribution >= 0.6 is 0 Å². The molecular weight excluding hydrogens is 222 g/mol. The maximum atomic E-state index is 6.22. The van der Waals surface area contributed by atoms with Crippen LogP contribution in [0.25, 0.3) is 0 Å². The Hall–Kier alpha value is -0.120. The van der Waals surface area contributed by atoms with Crippen LogP contribution in [0.2, 0.25) is 0 Å². The Morgan fingerprint density at radius 2 is 1.72 bits per heavy atom. The summed E-state index contributed by atoms with van der Waals surface area (Å²) < 4.78 is 0. The Kier molecular flexibility index (Phi) is 4.68. The van der Waals surface area contributed by atoms with E-state index < -0.39 is 0 Å². The number of nitrogens with zero attached hydrogens (tertiary/aromatic N) is 2. The lowest BCUT2D eigenvalue weighted by molar-refractivity contribution is 0.0225. The van der Waals surface area contributed by atoms with Gasteiger partial charge in [-0.05, 0) is 51.1 Å². The molecule has 0 bridgehead atoms. The van der Waals surface area contributed by atoms with E-state index >= 15 is 0 Å². The molecule has 18 heavy (non-hydrogen) atoms. The second-order valence-electron chi connectivity index (χ2n) is 6.93. The second-order valence-corrected chi connectivity index (χ2v) is 6.93. The fraction of sp³-hybridized carbons (Fsp3) is 1.00. The van der Waals surface area contributed by atoms with E-state index in [0.717, 1.165) is 18.4 Å². The number of hydrogen-bond donors (Lipinski definition) is 1. The summed E-state index contributed by atoms with van der Waals surface area (Å²) in [6.45, 7) is 10.5. The molecule has 0 aromatic heterocycles. The van der Waals surface area contributed by atoms with Gasteiger partial charge in [0.25, 0.3) is 0 Å². The van der Waals surface area contributed by atoms with Gasteiger partial charge in [0.1, 0.15) is 0 Å². The molecular formula is C15H31N3. The molecule has 3 heteroatoms. The van der Waals surface area contributed by atoms with Gasteiger partial charge in [0.15, 0.2) is 0 Å². The van der Waals surface area contributed by atoms with Crippen molar-refractivity contribution in [3.05, 3.63) is 0 Å². The fourth-order valence-electron chi connectivity index (χ4n) is 4.31. The zero-order chi connectivity index (χ0) is 13.2. The Labute approximate surface area is 113 Å². The van der Waals surface area contributed by atoms with E-state index in [1.54, 1.807) is 0 Å². The van der Waals surface area contributed by atoms with Crippen molar-refractivity contribution in [2.75, 3.05) is 39.8 Å². The first-order valence-corrected chi connectivity index (χ1v) is 7.69. The van der Waals surface area contributed by atoms with Gasteiger partial charge >= 0.3 is 0 Å². The molecule has 2 unspecified atom stereocenters. The predicted octanol–water partition coefficient (Wildman–Crippen LogP) is 1.78. The number of nitrogens with two attached hydrogens (primary N) is 1. The topological polar surface area (TPSA) is 32.5 Å². The summed E-state index contributed by atoms with van der Waals surface area (Å²) in [5.74, 6) is 1.66. The second kappa shape index (κ2) is 5.89. The van der Waals surface area contributed by atoms with Gasteiger partial charge in [-0.2, -0.15) is 0 Å². The van der Waals surface area contributed by atoms with E-state index in [2.05, 4.69) is 30.7 Å². The van der Waals surface area contributed by atoms with Gasteiger partial charge in [-0.15, -0.1) is 0 Å². The highest BCUT2D eigenvalue weighted by Crippen LogP contribution is 2.39. The summed E-state index contributed by atoms with van der Waals surface area (Å²) in [5, 5.41) is 0. The monoisotopic (exact) mass is 253 g/mol. The van der Waals surface area contributed by atoms with Gasteiger partial charge in [-0.25, -0.2) is 0 Å². The van der Waals surface area contributed by atoms with E-state index in [0.29, 0.717) is 5.54 Å². The predicted molar refractivity (Wildman–Crippen MR) is 77.7 cm³/mol. The zero-order valence-electron chi connectivity index (χ0n) is 12.5. The Morgan fingerprint density at radius 1 is 1.06 bits per heavy atom. The highest BCUT2D eigenvalue weighted by atomic mass is 15.3. The van der Waals surface area contributed by atoms with Gasteiger partial charge in [-0.1, -0.05) is 13.8 Å². The van der Waals surface area contributed by atoms with Gasteiger partial charge in [0.05, 0.1) is 0 Å². The molecule has 2 aliphatic rings. The molecule has 2 rings (SSSR count). The van der Waals surface area contributed by atoms with Crippen molar-refractivity contribution in [1.82, 2.24) is 9.80 Å². The average molecular weight is 253 g/mol. The summed E-state index contributed by atoms with van der Waals surface area (Å²) in [4.78, 5) is 5.18. The first kappa shape index (κ1) is 14.3. The third-order valence-corrected chi connectivity index (χ3v) is 5.03. The van der Waals surface area contributed by atoms with Crippen LogP contribution in [0.5, 0.6) is 0 Å². The summed E-state index contributed by atoms with van der Waals surface area (Å²) in [7, 11) is 2.24. The first-order valence-electron chi connectivity index (χ1n) is 7.69.